The Kier molecular flexibility index (Phi) is 4.47. The summed E-state index contributed by atoms with van der Waals surface area (Å²) < 4.78 is 10.7. The maximum Gasteiger partial charge on any atom is 0.334 e. The van der Waals surface area contributed by atoms with Gasteiger partial charge in [0.1, 0.15) is 5.75 Å². The van der Waals surface area contributed by atoms with Gasteiger partial charge in [-0.25, -0.2) is 4.79 Å². The number of imide groups is 2. The van der Waals surface area contributed by atoms with E-state index in [0.29, 0.717) is 22.9 Å². The highest BCUT2D eigenvalue weighted by Crippen LogP contribution is 2.33. The molecule has 1 aromatic rings. The third kappa shape index (κ3) is 2.97. The molecule has 8 heteroatoms. The molecule has 24 heavy (non-hydrogen) atoms. The fraction of sp³-hybridized carbons (Fsp3) is 0.438. The van der Waals surface area contributed by atoms with E-state index in [1.807, 2.05) is 13.8 Å². The Labute approximate surface area is 144 Å². The lowest BCUT2D eigenvalue weighted by Gasteiger charge is -2.23. The zero-order valence-corrected chi connectivity index (χ0v) is 14.1. The molecule has 0 spiro atoms. The molecule has 0 N–H and O–H groups in total. The highest BCUT2D eigenvalue weighted by Gasteiger charge is 2.44. The predicted molar refractivity (Wildman–Crippen MR) is 84.2 cm³/mol. The summed E-state index contributed by atoms with van der Waals surface area (Å²) in [4.78, 5) is 38.6. The minimum absolute atomic E-state index is 0.0686. The van der Waals surface area contributed by atoms with Crippen molar-refractivity contribution in [2.45, 2.75) is 27.0 Å². The molecular weight excluding hydrogens is 336 g/mol. The van der Waals surface area contributed by atoms with Gasteiger partial charge in [0.2, 0.25) is 0 Å². The smallest absolute Gasteiger partial charge is 0.334 e. The Balaban J connectivity index is 1.89. The van der Waals surface area contributed by atoms with Crippen LogP contribution >= 0.6 is 11.6 Å². The number of amides is 4. The Bertz CT molecular complexity index is 719. The number of halogens is 1. The van der Waals surface area contributed by atoms with Crippen LogP contribution in [0.4, 0.5) is 4.79 Å². The molecule has 1 saturated heterocycles. The average Bonchev–Trinajstić information content (AvgIpc) is 2.72. The molecule has 0 bridgehead atoms. The van der Waals surface area contributed by atoms with E-state index < -0.39 is 17.8 Å². The zero-order chi connectivity index (χ0) is 17.4. The summed E-state index contributed by atoms with van der Waals surface area (Å²) in [7, 11) is 0. The van der Waals surface area contributed by atoms with E-state index in [-0.39, 0.29) is 25.8 Å². The Hall–Kier alpha value is -2.12. The van der Waals surface area contributed by atoms with Gasteiger partial charge in [-0.1, -0.05) is 25.4 Å². The van der Waals surface area contributed by atoms with E-state index in [4.69, 9.17) is 21.1 Å². The van der Waals surface area contributed by atoms with Gasteiger partial charge in [-0.05, 0) is 18.1 Å². The maximum atomic E-state index is 12.4. The molecule has 0 saturated carbocycles. The average molecular weight is 353 g/mol. The summed E-state index contributed by atoms with van der Waals surface area (Å²) in [5, 5.41) is 0.447. The fourth-order valence-corrected chi connectivity index (χ4v) is 3.02. The second-order valence-electron chi connectivity index (χ2n) is 6.15. The molecule has 4 amide bonds. The topological polar surface area (TPSA) is 76.2 Å². The largest absolute Gasteiger partial charge is 0.467 e. The van der Waals surface area contributed by atoms with Gasteiger partial charge in [0.05, 0.1) is 13.2 Å². The number of hydrogen-bond donors (Lipinski definition) is 0. The Morgan fingerprint density at radius 3 is 2.58 bits per heavy atom. The molecule has 0 aliphatic carbocycles. The van der Waals surface area contributed by atoms with Crippen LogP contribution in [-0.2, 0) is 27.5 Å². The van der Waals surface area contributed by atoms with Crippen molar-refractivity contribution in [3.63, 3.8) is 0 Å². The van der Waals surface area contributed by atoms with Gasteiger partial charge in [-0.15, -0.1) is 0 Å². The lowest BCUT2D eigenvalue weighted by Crippen LogP contribution is -2.35. The summed E-state index contributed by atoms with van der Waals surface area (Å²) in [5.74, 6) is -1.01. The van der Waals surface area contributed by atoms with Crippen molar-refractivity contribution < 1.29 is 23.9 Å². The molecule has 2 aliphatic rings. The molecule has 3 rings (SSSR count). The zero-order valence-electron chi connectivity index (χ0n) is 13.4. The first kappa shape index (κ1) is 16.7. The minimum Gasteiger partial charge on any atom is -0.467 e. The van der Waals surface area contributed by atoms with E-state index in [9.17, 15) is 14.4 Å². The van der Waals surface area contributed by atoms with Crippen LogP contribution in [0.3, 0.4) is 0 Å². The second kappa shape index (κ2) is 6.41. The molecule has 128 valence electrons. The Morgan fingerprint density at radius 2 is 1.88 bits per heavy atom. The molecule has 0 unspecified atom stereocenters. The van der Waals surface area contributed by atoms with E-state index >= 15 is 0 Å². The highest BCUT2D eigenvalue weighted by atomic mass is 35.5. The summed E-state index contributed by atoms with van der Waals surface area (Å²) >= 11 is 6.09. The van der Waals surface area contributed by atoms with Crippen LogP contribution in [-0.4, -0.2) is 41.0 Å². The lowest BCUT2D eigenvalue weighted by molar-refractivity contribution is -0.143. The van der Waals surface area contributed by atoms with Crippen molar-refractivity contribution >= 4 is 29.4 Å². The van der Waals surface area contributed by atoms with Gasteiger partial charge in [0.15, 0.2) is 6.79 Å². The maximum absolute atomic E-state index is 12.4. The number of ether oxygens (including phenoxy) is 2. The molecule has 2 aliphatic heterocycles. The van der Waals surface area contributed by atoms with Crippen LogP contribution < -0.4 is 4.74 Å². The first-order chi connectivity index (χ1) is 11.4. The monoisotopic (exact) mass is 352 g/mol. The number of fused-ring (bicyclic) bond motifs is 1. The summed E-state index contributed by atoms with van der Waals surface area (Å²) in [5.41, 5.74) is 1.31. The number of urea groups is 1. The van der Waals surface area contributed by atoms with Crippen molar-refractivity contribution in [1.29, 1.82) is 0 Å². The first-order valence-corrected chi connectivity index (χ1v) is 7.95. The number of carbonyl (C=O) groups excluding carboxylic acids is 3. The van der Waals surface area contributed by atoms with Crippen molar-refractivity contribution in [1.82, 2.24) is 9.80 Å². The van der Waals surface area contributed by atoms with Gasteiger partial charge in [0.25, 0.3) is 0 Å². The van der Waals surface area contributed by atoms with E-state index in [1.165, 1.54) is 0 Å². The second-order valence-corrected chi connectivity index (χ2v) is 6.58. The van der Waals surface area contributed by atoms with E-state index in [2.05, 4.69) is 0 Å². The third-order valence-electron chi connectivity index (χ3n) is 3.76. The molecule has 1 aromatic carbocycles. The fourth-order valence-electron chi connectivity index (χ4n) is 2.76. The standard InChI is InChI=1S/C16H17ClN2O5/c1-9(2)5-18-14(20)15(21)19(16(18)22)6-10-3-12(17)4-11-7-23-8-24-13(10)11/h3-4,9H,5-8H2,1-2H3. The number of carbonyl (C=O) groups is 3. The van der Waals surface area contributed by atoms with Gasteiger partial charge in [-0.2, -0.15) is 0 Å². The number of benzene rings is 1. The van der Waals surface area contributed by atoms with Gasteiger partial charge < -0.3 is 9.47 Å². The van der Waals surface area contributed by atoms with Gasteiger partial charge in [-0.3, -0.25) is 19.4 Å². The van der Waals surface area contributed by atoms with Crippen LogP contribution in [0.15, 0.2) is 12.1 Å². The van der Waals surface area contributed by atoms with Crippen molar-refractivity contribution in [3.8, 4) is 5.75 Å². The van der Waals surface area contributed by atoms with Crippen molar-refractivity contribution in [2.75, 3.05) is 13.3 Å². The SMILES string of the molecule is CC(C)CN1C(=O)C(=O)N(Cc2cc(Cl)cc3c2OCOC3)C1=O. The minimum atomic E-state index is -0.832. The normalized spacial score (nSPS) is 17.6. The molecule has 0 atom stereocenters. The molecule has 2 heterocycles. The van der Waals surface area contributed by atoms with E-state index in [0.717, 1.165) is 15.4 Å². The molecule has 1 fully saturated rings. The Morgan fingerprint density at radius 1 is 1.17 bits per heavy atom. The third-order valence-corrected chi connectivity index (χ3v) is 3.98. The number of nitrogens with zero attached hydrogens (tertiary/aromatic N) is 2. The molecule has 0 aromatic heterocycles. The van der Waals surface area contributed by atoms with Crippen LogP contribution in [0, 0.1) is 5.92 Å². The van der Waals surface area contributed by atoms with Crippen molar-refractivity contribution in [2.24, 2.45) is 5.92 Å². The van der Waals surface area contributed by atoms with Gasteiger partial charge in [0, 0.05) is 22.7 Å². The van der Waals surface area contributed by atoms with Crippen LogP contribution in [0.1, 0.15) is 25.0 Å². The van der Waals surface area contributed by atoms with Crippen LogP contribution in [0.5, 0.6) is 5.75 Å². The summed E-state index contributed by atoms with van der Waals surface area (Å²) in [6, 6.07) is 2.73. The van der Waals surface area contributed by atoms with Crippen LogP contribution in [0.25, 0.3) is 0 Å². The predicted octanol–water partition coefficient (Wildman–Crippen LogP) is 2.15. The van der Waals surface area contributed by atoms with Crippen LogP contribution in [0.2, 0.25) is 5.02 Å². The quantitative estimate of drug-likeness (QED) is 0.613. The molecule has 0 radical (unpaired) electrons. The molecular formula is C16H17ClN2O5. The van der Waals surface area contributed by atoms with Crippen molar-refractivity contribution in [3.05, 3.63) is 28.3 Å². The lowest BCUT2D eigenvalue weighted by atomic mass is 10.1. The van der Waals surface area contributed by atoms with Gasteiger partial charge >= 0.3 is 17.8 Å². The summed E-state index contributed by atoms with van der Waals surface area (Å²) in [6.07, 6.45) is 0. The number of rotatable bonds is 4. The first-order valence-electron chi connectivity index (χ1n) is 7.57. The summed E-state index contributed by atoms with van der Waals surface area (Å²) in [6.45, 7) is 4.30. The van der Waals surface area contributed by atoms with E-state index in [1.54, 1.807) is 12.1 Å². The highest BCUT2D eigenvalue weighted by molar-refractivity contribution is 6.44. The number of hydrogen-bond acceptors (Lipinski definition) is 5. The molecule has 7 nitrogen and oxygen atoms in total.